The van der Waals surface area contributed by atoms with Gasteiger partial charge in [-0.2, -0.15) is 0 Å². The zero-order valence-corrected chi connectivity index (χ0v) is 19.2. The second-order valence-corrected chi connectivity index (χ2v) is 11.3. The average Bonchev–Trinajstić information content (AvgIpc) is 3.44. The van der Waals surface area contributed by atoms with Gasteiger partial charge in [0.25, 0.3) is 0 Å². The van der Waals surface area contributed by atoms with Crippen molar-refractivity contribution in [2.24, 2.45) is 35.0 Å². The molecule has 2 amide bonds. The molecule has 0 unspecified atom stereocenters. The van der Waals surface area contributed by atoms with Crippen LogP contribution in [0.1, 0.15) is 64.2 Å². The number of aliphatic hydroxyl groups is 1. The van der Waals surface area contributed by atoms with Gasteiger partial charge in [-0.15, -0.1) is 11.3 Å². The Labute approximate surface area is 184 Å². The lowest BCUT2D eigenvalue weighted by atomic mass is 9.51. The summed E-state index contributed by atoms with van der Waals surface area (Å²) >= 11 is 1.64. The Balaban J connectivity index is 1.41. The van der Waals surface area contributed by atoms with E-state index in [-0.39, 0.29) is 52.9 Å². The molecule has 0 radical (unpaired) electrons. The molecule has 5 nitrogen and oxygen atoms in total. The molecular formula is C24H36N2O3S. The Morgan fingerprint density at radius 1 is 1.27 bits per heavy atom. The van der Waals surface area contributed by atoms with Gasteiger partial charge in [-0.05, 0) is 73.1 Å². The van der Waals surface area contributed by atoms with Gasteiger partial charge in [0, 0.05) is 22.8 Å². The summed E-state index contributed by atoms with van der Waals surface area (Å²) in [5, 5.41) is 19.8. The van der Waals surface area contributed by atoms with Gasteiger partial charge in [-0.25, -0.2) is 0 Å². The Bertz CT molecular complexity index is 763. The predicted octanol–water partition coefficient (Wildman–Crippen LogP) is 3.72. The second-order valence-electron chi connectivity index (χ2n) is 10.2. The van der Waals surface area contributed by atoms with Crippen LogP contribution in [0, 0.1) is 35.0 Å². The normalized spacial score (nSPS) is 37.1. The van der Waals surface area contributed by atoms with Crippen LogP contribution in [0.15, 0.2) is 17.5 Å². The predicted molar refractivity (Wildman–Crippen MR) is 119 cm³/mol. The lowest BCUT2D eigenvalue weighted by Crippen LogP contribution is -2.58. The molecule has 0 bridgehead atoms. The largest absolute Gasteiger partial charge is 0.392 e. The number of rotatable bonds is 6. The number of amides is 2. The molecule has 3 N–H and O–H groups in total. The number of hydrogen-bond acceptors (Lipinski definition) is 4. The SMILES string of the molecule is C[C@@H]1[C@@H]2[C@@H](O)[C@H]([C@H](C)C(=O)NCc3cccs3)CC[C@]2(C)CC[C@@H]1NC(=O)C1CC1. The molecule has 4 rings (SSSR count). The monoisotopic (exact) mass is 432 g/mol. The Morgan fingerprint density at radius 2 is 2.00 bits per heavy atom. The number of carbonyl (C=O) groups is 2. The second kappa shape index (κ2) is 8.62. The van der Waals surface area contributed by atoms with Crippen molar-refractivity contribution in [2.45, 2.75) is 78.0 Å². The molecule has 3 aliphatic rings. The summed E-state index contributed by atoms with van der Waals surface area (Å²) in [6.07, 6.45) is 5.44. The van der Waals surface area contributed by atoms with Crippen LogP contribution in [0.3, 0.4) is 0 Å². The third kappa shape index (κ3) is 4.31. The van der Waals surface area contributed by atoms with E-state index in [4.69, 9.17) is 0 Å². The van der Waals surface area contributed by atoms with Crippen LogP contribution in [0.25, 0.3) is 0 Å². The van der Waals surface area contributed by atoms with Gasteiger partial charge in [0.1, 0.15) is 0 Å². The quantitative estimate of drug-likeness (QED) is 0.641. The van der Waals surface area contributed by atoms with E-state index in [0.717, 1.165) is 43.4 Å². The molecular weight excluding hydrogens is 396 g/mol. The molecule has 3 saturated carbocycles. The van der Waals surface area contributed by atoms with E-state index >= 15 is 0 Å². The molecule has 0 aromatic carbocycles. The van der Waals surface area contributed by atoms with Crippen molar-refractivity contribution in [1.82, 2.24) is 10.6 Å². The van der Waals surface area contributed by atoms with Crippen molar-refractivity contribution in [3.8, 4) is 0 Å². The molecule has 1 aromatic rings. The lowest BCUT2D eigenvalue weighted by Gasteiger charge is -2.56. The molecule has 30 heavy (non-hydrogen) atoms. The highest BCUT2D eigenvalue weighted by Gasteiger charge is 2.54. The highest BCUT2D eigenvalue weighted by molar-refractivity contribution is 7.09. The summed E-state index contributed by atoms with van der Waals surface area (Å²) in [5.41, 5.74) is 0.0866. The summed E-state index contributed by atoms with van der Waals surface area (Å²) in [6.45, 7) is 7.00. The third-order valence-electron chi connectivity index (χ3n) is 8.24. The first-order chi connectivity index (χ1) is 14.3. The zero-order chi connectivity index (χ0) is 21.5. The molecule has 0 saturated heterocycles. The minimum atomic E-state index is -0.512. The van der Waals surface area contributed by atoms with Gasteiger partial charge in [0.05, 0.1) is 12.6 Å². The fraction of sp³-hybridized carbons (Fsp3) is 0.750. The zero-order valence-electron chi connectivity index (χ0n) is 18.4. The van der Waals surface area contributed by atoms with Crippen LogP contribution in [0.4, 0.5) is 0 Å². The Kier molecular flexibility index (Phi) is 6.27. The van der Waals surface area contributed by atoms with Crippen LogP contribution in [-0.2, 0) is 16.1 Å². The van der Waals surface area contributed by atoms with Gasteiger partial charge in [0.2, 0.25) is 11.8 Å². The van der Waals surface area contributed by atoms with E-state index in [1.807, 2.05) is 24.4 Å². The van der Waals surface area contributed by atoms with E-state index in [0.29, 0.717) is 6.54 Å². The summed E-state index contributed by atoms with van der Waals surface area (Å²) < 4.78 is 0. The molecule has 6 heteroatoms. The fourth-order valence-electron chi connectivity index (χ4n) is 6.09. The number of nitrogens with one attached hydrogen (secondary N) is 2. The number of fused-ring (bicyclic) bond motifs is 1. The van der Waals surface area contributed by atoms with Gasteiger partial charge in [-0.3, -0.25) is 9.59 Å². The first kappa shape index (κ1) is 21.8. The van der Waals surface area contributed by atoms with Crippen molar-refractivity contribution in [3.05, 3.63) is 22.4 Å². The van der Waals surface area contributed by atoms with Gasteiger partial charge >= 0.3 is 0 Å². The molecule has 7 atom stereocenters. The minimum absolute atomic E-state index is 0.0260. The number of hydrogen-bond donors (Lipinski definition) is 3. The van der Waals surface area contributed by atoms with Crippen molar-refractivity contribution in [2.75, 3.05) is 0 Å². The van der Waals surface area contributed by atoms with E-state index in [2.05, 4.69) is 24.5 Å². The molecule has 1 heterocycles. The smallest absolute Gasteiger partial charge is 0.223 e. The molecule has 1 aromatic heterocycles. The van der Waals surface area contributed by atoms with Crippen LogP contribution < -0.4 is 10.6 Å². The van der Waals surface area contributed by atoms with Crippen molar-refractivity contribution >= 4 is 23.2 Å². The van der Waals surface area contributed by atoms with Crippen LogP contribution in [0.5, 0.6) is 0 Å². The number of thiophene rings is 1. The molecule has 3 aliphatic carbocycles. The van der Waals surface area contributed by atoms with Gasteiger partial charge in [-0.1, -0.05) is 26.8 Å². The van der Waals surface area contributed by atoms with Gasteiger partial charge < -0.3 is 15.7 Å². The molecule has 0 spiro atoms. The molecule has 0 aliphatic heterocycles. The van der Waals surface area contributed by atoms with Crippen molar-refractivity contribution in [1.29, 1.82) is 0 Å². The summed E-state index contributed by atoms with van der Waals surface area (Å²) in [4.78, 5) is 26.3. The minimum Gasteiger partial charge on any atom is -0.392 e. The number of aliphatic hydroxyl groups excluding tert-OH is 1. The first-order valence-electron chi connectivity index (χ1n) is 11.6. The number of carbonyl (C=O) groups excluding carboxylic acids is 2. The maximum atomic E-state index is 12.8. The lowest BCUT2D eigenvalue weighted by molar-refractivity contribution is -0.144. The Morgan fingerprint density at radius 3 is 2.67 bits per heavy atom. The van der Waals surface area contributed by atoms with E-state index in [1.54, 1.807) is 11.3 Å². The van der Waals surface area contributed by atoms with Crippen LogP contribution >= 0.6 is 11.3 Å². The average molecular weight is 433 g/mol. The van der Waals surface area contributed by atoms with E-state index in [9.17, 15) is 14.7 Å². The van der Waals surface area contributed by atoms with E-state index in [1.165, 1.54) is 0 Å². The maximum Gasteiger partial charge on any atom is 0.223 e. The van der Waals surface area contributed by atoms with Crippen LogP contribution in [-0.4, -0.2) is 29.1 Å². The van der Waals surface area contributed by atoms with Crippen LogP contribution in [0.2, 0.25) is 0 Å². The first-order valence-corrected chi connectivity index (χ1v) is 12.5. The summed E-state index contributed by atoms with van der Waals surface area (Å²) in [7, 11) is 0. The molecule has 3 fully saturated rings. The fourth-order valence-corrected chi connectivity index (χ4v) is 6.73. The topological polar surface area (TPSA) is 78.4 Å². The van der Waals surface area contributed by atoms with Gasteiger partial charge in [0.15, 0.2) is 0 Å². The highest BCUT2D eigenvalue weighted by Crippen LogP contribution is 2.55. The summed E-state index contributed by atoms with van der Waals surface area (Å²) in [5.74, 6) is 0.496. The maximum absolute atomic E-state index is 12.8. The Hall–Kier alpha value is -1.40. The highest BCUT2D eigenvalue weighted by atomic mass is 32.1. The summed E-state index contributed by atoms with van der Waals surface area (Å²) in [6, 6.07) is 4.15. The van der Waals surface area contributed by atoms with E-state index < -0.39 is 6.10 Å². The van der Waals surface area contributed by atoms with Crippen molar-refractivity contribution < 1.29 is 14.7 Å². The third-order valence-corrected chi connectivity index (χ3v) is 9.11. The molecule has 166 valence electrons. The van der Waals surface area contributed by atoms with Crippen molar-refractivity contribution in [3.63, 3.8) is 0 Å². The standard InChI is InChI=1S/C24H36N2O3S/c1-14(22(28)25-13-17-5-4-12-30-17)18-8-10-24(3)11-9-19(15(2)20(24)21(18)27)26-23(29)16-6-7-16/h4-5,12,14-16,18-21,27H,6-11,13H2,1-3H3,(H,25,28)(H,26,29)/t14-,15-,18-,19-,20+,21-,24+/m0/s1.